The molecule has 18 heavy (non-hydrogen) atoms. The van der Waals surface area contributed by atoms with Crippen molar-refractivity contribution < 1.29 is 14.4 Å². The number of non-ortho nitro benzene ring substituents is 1. The Morgan fingerprint density at radius 1 is 1.33 bits per heavy atom. The minimum absolute atomic E-state index is 0.0171. The highest BCUT2D eigenvalue weighted by atomic mass is 16.6. The summed E-state index contributed by atoms with van der Waals surface area (Å²) in [5.41, 5.74) is 0.677. The highest BCUT2D eigenvalue weighted by Crippen LogP contribution is 2.26. The monoisotopic (exact) mass is 254 g/mol. The Hall–Kier alpha value is -1.82. The van der Waals surface area contributed by atoms with E-state index in [2.05, 4.69) is 5.32 Å². The number of methoxy groups -OCH3 is 1. The fourth-order valence-electron chi connectivity index (χ4n) is 1.39. The van der Waals surface area contributed by atoms with E-state index in [1.54, 1.807) is 13.2 Å². The van der Waals surface area contributed by atoms with E-state index in [4.69, 9.17) is 9.47 Å². The van der Waals surface area contributed by atoms with Crippen LogP contribution in [0.4, 0.5) is 11.4 Å². The Bertz CT molecular complexity index is 396. The van der Waals surface area contributed by atoms with Gasteiger partial charge >= 0.3 is 0 Å². The van der Waals surface area contributed by atoms with Crippen LogP contribution in [0, 0.1) is 10.1 Å². The van der Waals surface area contributed by atoms with Crippen molar-refractivity contribution in [1.29, 1.82) is 0 Å². The van der Waals surface area contributed by atoms with E-state index in [9.17, 15) is 10.1 Å². The summed E-state index contributed by atoms with van der Waals surface area (Å²) >= 11 is 0. The highest BCUT2D eigenvalue weighted by molar-refractivity contribution is 5.56. The Labute approximate surface area is 106 Å². The molecule has 1 rings (SSSR count). The first kappa shape index (κ1) is 14.2. The maximum absolute atomic E-state index is 10.8. The molecule has 0 saturated heterocycles. The number of nitro groups is 1. The first-order chi connectivity index (χ1) is 8.67. The van der Waals surface area contributed by atoms with Crippen molar-refractivity contribution in [3.05, 3.63) is 28.3 Å². The number of rotatable bonds is 8. The number of hydrogen-bond acceptors (Lipinski definition) is 5. The molecule has 0 atom stereocenters. The van der Waals surface area contributed by atoms with Crippen molar-refractivity contribution in [2.45, 2.75) is 13.3 Å². The average molecular weight is 254 g/mol. The molecule has 0 amide bonds. The molecule has 0 aliphatic rings. The fraction of sp³-hybridized carbons (Fsp3) is 0.500. The van der Waals surface area contributed by atoms with Gasteiger partial charge in [-0.1, -0.05) is 6.92 Å². The van der Waals surface area contributed by atoms with Gasteiger partial charge in [-0.2, -0.15) is 0 Å². The molecule has 100 valence electrons. The van der Waals surface area contributed by atoms with E-state index >= 15 is 0 Å². The van der Waals surface area contributed by atoms with Crippen molar-refractivity contribution >= 4 is 11.4 Å². The molecule has 0 bridgehead atoms. The Morgan fingerprint density at radius 2 is 2.11 bits per heavy atom. The number of hydrogen-bond donors (Lipinski definition) is 1. The normalized spacial score (nSPS) is 10.1. The van der Waals surface area contributed by atoms with E-state index in [0.29, 0.717) is 31.2 Å². The van der Waals surface area contributed by atoms with Crippen LogP contribution in [-0.4, -0.2) is 31.8 Å². The van der Waals surface area contributed by atoms with Crippen LogP contribution in [0.3, 0.4) is 0 Å². The molecule has 0 radical (unpaired) electrons. The van der Waals surface area contributed by atoms with Crippen LogP contribution in [0.5, 0.6) is 5.75 Å². The summed E-state index contributed by atoms with van der Waals surface area (Å²) in [7, 11) is 1.60. The zero-order valence-electron chi connectivity index (χ0n) is 10.6. The summed E-state index contributed by atoms with van der Waals surface area (Å²) in [6.45, 7) is 3.65. The molecule has 0 unspecified atom stereocenters. The van der Waals surface area contributed by atoms with Gasteiger partial charge in [-0.15, -0.1) is 0 Å². The summed E-state index contributed by atoms with van der Waals surface area (Å²) in [6.07, 6.45) is 0.856. The van der Waals surface area contributed by atoms with Crippen LogP contribution in [-0.2, 0) is 4.74 Å². The van der Waals surface area contributed by atoms with E-state index in [-0.39, 0.29) is 5.69 Å². The number of ether oxygens (including phenoxy) is 2. The van der Waals surface area contributed by atoms with Crippen LogP contribution < -0.4 is 10.1 Å². The highest BCUT2D eigenvalue weighted by Gasteiger charge is 2.10. The van der Waals surface area contributed by atoms with Gasteiger partial charge in [0, 0.05) is 31.5 Å². The third kappa shape index (κ3) is 4.58. The van der Waals surface area contributed by atoms with Gasteiger partial charge < -0.3 is 14.8 Å². The van der Waals surface area contributed by atoms with Crippen LogP contribution in [0.25, 0.3) is 0 Å². The van der Waals surface area contributed by atoms with Gasteiger partial charge in [0.2, 0.25) is 0 Å². The molecule has 1 aromatic rings. The van der Waals surface area contributed by atoms with Crippen LogP contribution >= 0.6 is 0 Å². The maximum Gasteiger partial charge on any atom is 0.275 e. The Kier molecular flexibility index (Phi) is 5.93. The quantitative estimate of drug-likeness (QED) is 0.438. The maximum atomic E-state index is 10.8. The molecule has 0 heterocycles. The molecule has 0 aliphatic carbocycles. The molecule has 0 aromatic heterocycles. The van der Waals surface area contributed by atoms with Crippen molar-refractivity contribution in [2.75, 3.05) is 32.2 Å². The molecular weight excluding hydrogens is 236 g/mol. The molecule has 0 fully saturated rings. The van der Waals surface area contributed by atoms with Crippen molar-refractivity contribution in [1.82, 2.24) is 0 Å². The van der Waals surface area contributed by atoms with Crippen molar-refractivity contribution in [2.24, 2.45) is 0 Å². The molecule has 6 heteroatoms. The second-order valence-electron chi connectivity index (χ2n) is 3.74. The SMILES string of the molecule is CCCOc1cc(NCCOC)cc([N+](=O)[O-])c1. The summed E-state index contributed by atoms with van der Waals surface area (Å²) in [6, 6.07) is 4.66. The molecule has 1 N–H and O–H groups in total. The lowest BCUT2D eigenvalue weighted by Crippen LogP contribution is -2.08. The minimum atomic E-state index is -0.430. The third-order valence-electron chi connectivity index (χ3n) is 2.21. The fourth-order valence-corrected chi connectivity index (χ4v) is 1.39. The lowest BCUT2D eigenvalue weighted by molar-refractivity contribution is -0.384. The zero-order valence-corrected chi connectivity index (χ0v) is 10.6. The lowest BCUT2D eigenvalue weighted by atomic mass is 10.2. The van der Waals surface area contributed by atoms with E-state index in [0.717, 1.165) is 6.42 Å². The van der Waals surface area contributed by atoms with Gasteiger partial charge in [0.1, 0.15) is 5.75 Å². The Balaban J connectivity index is 2.80. The van der Waals surface area contributed by atoms with Crippen molar-refractivity contribution in [3.8, 4) is 5.75 Å². The van der Waals surface area contributed by atoms with Crippen LogP contribution in [0.2, 0.25) is 0 Å². The molecule has 1 aromatic carbocycles. The van der Waals surface area contributed by atoms with Gasteiger partial charge in [-0.3, -0.25) is 10.1 Å². The van der Waals surface area contributed by atoms with Gasteiger partial charge in [0.25, 0.3) is 5.69 Å². The lowest BCUT2D eigenvalue weighted by Gasteiger charge is -2.09. The number of anilines is 1. The van der Waals surface area contributed by atoms with Gasteiger partial charge in [0.15, 0.2) is 0 Å². The molecule has 0 aliphatic heterocycles. The summed E-state index contributed by atoms with van der Waals surface area (Å²) < 4.78 is 10.3. The number of nitro benzene ring substituents is 1. The third-order valence-corrected chi connectivity index (χ3v) is 2.21. The predicted octanol–water partition coefficient (Wildman–Crippen LogP) is 2.44. The molecular formula is C12H18N2O4. The molecule has 0 saturated carbocycles. The molecule has 0 spiro atoms. The first-order valence-corrected chi connectivity index (χ1v) is 5.82. The number of nitrogens with one attached hydrogen (secondary N) is 1. The summed E-state index contributed by atoms with van der Waals surface area (Å²) in [5.74, 6) is 0.506. The van der Waals surface area contributed by atoms with Crippen LogP contribution in [0.1, 0.15) is 13.3 Å². The molecule has 6 nitrogen and oxygen atoms in total. The van der Waals surface area contributed by atoms with Gasteiger partial charge in [0.05, 0.1) is 24.2 Å². The van der Waals surface area contributed by atoms with E-state index in [1.807, 2.05) is 6.92 Å². The van der Waals surface area contributed by atoms with E-state index < -0.39 is 4.92 Å². The second kappa shape index (κ2) is 7.50. The zero-order chi connectivity index (χ0) is 13.4. The average Bonchev–Trinajstić information content (AvgIpc) is 2.36. The summed E-state index contributed by atoms with van der Waals surface area (Å²) in [5, 5.41) is 13.9. The van der Waals surface area contributed by atoms with Crippen LogP contribution in [0.15, 0.2) is 18.2 Å². The predicted molar refractivity (Wildman–Crippen MR) is 69.2 cm³/mol. The Morgan fingerprint density at radius 3 is 2.72 bits per heavy atom. The van der Waals surface area contributed by atoms with Crippen molar-refractivity contribution in [3.63, 3.8) is 0 Å². The minimum Gasteiger partial charge on any atom is -0.493 e. The number of benzene rings is 1. The standard InChI is InChI=1S/C12H18N2O4/c1-3-5-18-12-8-10(13-4-6-17-2)7-11(9-12)14(15)16/h7-9,13H,3-6H2,1-2H3. The number of nitrogens with zero attached hydrogens (tertiary/aromatic N) is 1. The topological polar surface area (TPSA) is 73.6 Å². The second-order valence-corrected chi connectivity index (χ2v) is 3.74. The largest absolute Gasteiger partial charge is 0.493 e. The smallest absolute Gasteiger partial charge is 0.275 e. The van der Waals surface area contributed by atoms with E-state index in [1.165, 1.54) is 12.1 Å². The summed E-state index contributed by atoms with van der Waals surface area (Å²) in [4.78, 5) is 10.4. The first-order valence-electron chi connectivity index (χ1n) is 5.82. The van der Waals surface area contributed by atoms with Gasteiger partial charge in [-0.05, 0) is 6.42 Å². The van der Waals surface area contributed by atoms with Gasteiger partial charge in [-0.25, -0.2) is 0 Å².